The largest absolute Gasteiger partial charge is 0.346 e. The molecule has 1 aliphatic rings. The van der Waals surface area contributed by atoms with Gasteiger partial charge in [0.25, 0.3) is 0 Å². The Kier molecular flexibility index (Phi) is 3.58. The van der Waals surface area contributed by atoms with Crippen LogP contribution in [0.1, 0.15) is 24.8 Å². The van der Waals surface area contributed by atoms with Crippen molar-refractivity contribution in [3.8, 4) is 0 Å². The van der Waals surface area contributed by atoms with Crippen molar-refractivity contribution in [1.82, 2.24) is 0 Å². The second-order valence-corrected chi connectivity index (χ2v) is 4.33. The minimum atomic E-state index is 0.986. The molecule has 0 atom stereocenters. The first-order valence-corrected chi connectivity index (χ1v) is 5.81. The van der Waals surface area contributed by atoms with Crippen LogP contribution in [0.3, 0.4) is 0 Å². The first-order valence-electron chi connectivity index (χ1n) is 5.81. The van der Waals surface area contributed by atoms with Crippen molar-refractivity contribution in [3.05, 3.63) is 35.9 Å². The van der Waals surface area contributed by atoms with Gasteiger partial charge in [0, 0.05) is 0 Å². The van der Waals surface area contributed by atoms with Crippen molar-refractivity contribution in [2.24, 2.45) is 5.92 Å². The summed E-state index contributed by atoms with van der Waals surface area (Å²) in [5.41, 5.74) is 1.50. The van der Waals surface area contributed by atoms with Gasteiger partial charge in [-0.2, -0.15) is 0 Å². The highest BCUT2D eigenvalue weighted by Gasteiger charge is 2.14. The molecular formula is C13H20N+. The SMILES string of the molecule is c1ccc(CCC2CC[NH2+]CC2)cc1. The predicted molar refractivity (Wildman–Crippen MR) is 59.1 cm³/mol. The van der Waals surface area contributed by atoms with Crippen LogP contribution in [0.4, 0.5) is 0 Å². The number of rotatable bonds is 3. The molecule has 1 nitrogen and oxygen atoms in total. The highest BCUT2D eigenvalue weighted by atomic mass is 14.9. The topological polar surface area (TPSA) is 16.6 Å². The number of hydrogen-bond acceptors (Lipinski definition) is 0. The zero-order chi connectivity index (χ0) is 9.64. The Morgan fingerprint density at radius 2 is 1.79 bits per heavy atom. The molecule has 1 heteroatoms. The van der Waals surface area contributed by atoms with Crippen LogP contribution in [0.2, 0.25) is 0 Å². The van der Waals surface area contributed by atoms with Gasteiger partial charge < -0.3 is 5.32 Å². The van der Waals surface area contributed by atoms with Crippen molar-refractivity contribution < 1.29 is 5.32 Å². The summed E-state index contributed by atoms with van der Waals surface area (Å²) >= 11 is 0. The summed E-state index contributed by atoms with van der Waals surface area (Å²) in [7, 11) is 0. The molecule has 2 rings (SSSR count). The molecule has 1 fully saturated rings. The zero-order valence-corrected chi connectivity index (χ0v) is 8.78. The number of piperidine rings is 1. The Hall–Kier alpha value is -0.820. The molecule has 76 valence electrons. The van der Waals surface area contributed by atoms with Gasteiger partial charge in [-0.15, -0.1) is 0 Å². The fourth-order valence-corrected chi connectivity index (χ4v) is 2.30. The quantitative estimate of drug-likeness (QED) is 0.745. The molecule has 14 heavy (non-hydrogen) atoms. The van der Waals surface area contributed by atoms with Gasteiger partial charge in [0.2, 0.25) is 0 Å². The molecule has 0 aliphatic carbocycles. The Morgan fingerprint density at radius 1 is 1.07 bits per heavy atom. The maximum atomic E-state index is 2.44. The minimum absolute atomic E-state index is 0.986. The van der Waals surface area contributed by atoms with Crippen molar-refractivity contribution in [3.63, 3.8) is 0 Å². The number of hydrogen-bond donors (Lipinski definition) is 1. The molecule has 1 aromatic rings. The molecule has 0 bridgehead atoms. The van der Waals surface area contributed by atoms with Gasteiger partial charge in [0.15, 0.2) is 0 Å². The van der Waals surface area contributed by atoms with Crippen LogP contribution in [-0.2, 0) is 6.42 Å². The lowest BCUT2D eigenvalue weighted by atomic mass is 9.91. The van der Waals surface area contributed by atoms with Gasteiger partial charge in [0.05, 0.1) is 13.1 Å². The van der Waals surface area contributed by atoms with Gasteiger partial charge in [-0.05, 0) is 37.2 Å². The standard InChI is InChI=1S/C13H19N/c1-2-4-12(5-3-1)6-7-13-8-10-14-11-9-13/h1-5,13-14H,6-11H2/p+1. The Bertz CT molecular complexity index is 249. The van der Waals surface area contributed by atoms with E-state index in [0.717, 1.165) is 5.92 Å². The number of nitrogens with two attached hydrogens (primary N) is 1. The fourth-order valence-electron chi connectivity index (χ4n) is 2.30. The van der Waals surface area contributed by atoms with E-state index >= 15 is 0 Å². The van der Waals surface area contributed by atoms with E-state index in [1.807, 2.05) is 0 Å². The van der Waals surface area contributed by atoms with Gasteiger partial charge >= 0.3 is 0 Å². The van der Waals surface area contributed by atoms with Gasteiger partial charge in [-0.1, -0.05) is 30.3 Å². The molecule has 0 unspecified atom stereocenters. The van der Waals surface area contributed by atoms with Crippen molar-refractivity contribution in [2.45, 2.75) is 25.7 Å². The molecule has 1 aliphatic heterocycles. The lowest BCUT2D eigenvalue weighted by Gasteiger charge is -2.19. The second-order valence-electron chi connectivity index (χ2n) is 4.33. The Morgan fingerprint density at radius 3 is 2.50 bits per heavy atom. The summed E-state index contributed by atoms with van der Waals surface area (Å²) in [5.74, 6) is 0.986. The third kappa shape index (κ3) is 2.85. The number of aryl methyl sites for hydroxylation is 1. The number of quaternary nitrogens is 1. The lowest BCUT2D eigenvalue weighted by Crippen LogP contribution is -2.86. The van der Waals surface area contributed by atoms with E-state index in [9.17, 15) is 0 Å². The van der Waals surface area contributed by atoms with Crippen LogP contribution in [0.25, 0.3) is 0 Å². The van der Waals surface area contributed by atoms with Gasteiger partial charge in [-0.25, -0.2) is 0 Å². The van der Waals surface area contributed by atoms with E-state index in [4.69, 9.17) is 0 Å². The maximum absolute atomic E-state index is 2.44. The molecule has 1 aromatic carbocycles. The maximum Gasteiger partial charge on any atom is 0.0758 e. The van der Waals surface area contributed by atoms with Crippen LogP contribution >= 0.6 is 0 Å². The highest BCUT2D eigenvalue weighted by molar-refractivity contribution is 5.14. The molecule has 0 amide bonds. The molecular weight excluding hydrogens is 170 g/mol. The van der Waals surface area contributed by atoms with Crippen molar-refractivity contribution in [1.29, 1.82) is 0 Å². The molecule has 0 saturated carbocycles. The fraction of sp³-hybridized carbons (Fsp3) is 0.538. The van der Waals surface area contributed by atoms with E-state index in [0.29, 0.717) is 0 Å². The van der Waals surface area contributed by atoms with Crippen LogP contribution in [0.5, 0.6) is 0 Å². The van der Waals surface area contributed by atoms with Crippen LogP contribution in [-0.4, -0.2) is 13.1 Å². The molecule has 1 heterocycles. The smallest absolute Gasteiger partial charge is 0.0758 e. The summed E-state index contributed by atoms with van der Waals surface area (Å²) < 4.78 is 0. The van der Waals surface area contributed by atoms with E-state index in [1.165, 1.54) is 44.3 Å². The molecule has 0 aromatic heterocycles. The molecule has 0 spiro atoms. The third-order valence-corrected chi connectivity index (χ3v) is 3.24. The average molecular weight is 190 g/mol. The summed E-state index contributed by atoms with van der Waals surface area (Å²) in [6.07, 6.45) is 5.50. The van der Waals surface area contributed by atoms with E-state index in [1.54, 1.807) is 0 Å². The minimum Gasteiger partial charge on any atom is -0.346 e. The monoisotopic (exact) mass is 190 g/mol. The molecule has 0 radical (unpaired) electrons. The van der Waals surface area contributed by atoms with E-state index in [2.05, 4.69) is 35.6 Å². The molecule has 1 saturated heterocycles. The Balaban J connectivity index is 1.76. The third-order valence-electron chi connectivity index (χ3n) is 3.24. The summed E-state index contributed by atoms with van der Waals surface area (Å²) in [6.45, 7) is 2.69. The average Bonchev–Trinajstić information content (AvgIpc) is 2.29. The lowest BCUT2D eigenvalue weighted by molar-refractivity contribution is -0.664. The summed E-state index contributed by atoms with van der Waals surface area (Å²) in [5, 5.41) is 2.44. The summed E-state index contributed by atoms with van der Waals surface area (Å²) in [4.78, 5) is 0. The first kappa shape index (κ1) is 9.72. The van der Waals surface area contributed by atoms with Crippen LogP contribution in [0.15, 0.2) is 30.3 Å². The number of benzene rings is 1. The van der Waals surface area contributed by atoms with Crippen LogP contribution in [0, 0.1) is 5.92 Å². The normalized spacial score (nSPS) is 18.3. The van der Waals surface area contributed by atoms with E-state index < -0.39 is 0 Å². The van der Waals surface area contributed by atoms with Gasteiger partial charge in [0.1, 0.15) is 0 Å². The van der Waals surface area contributed by atoms with Gasteiger partial charge in [-0.3, -0.25) is 0 Å². The predicted octanol–water partition coefficient (Wildman–Crippen LogP) is 1.59. The van der Waals surface area contributed by atoms with Crippen molar-refractivity contribution in [2.75, 3.05) is 13.1 Å². The van der Waals surface area contributed by atoms with Crippen LogP contribution < -0.4 is 5.32 Å². The highest BCUT2D eigenvalue weighted by Crippen LogP contribution is 2.16. The zero-order valence-electron chi connectivity index (χ0n) is 8.78. The first-order chi connectivity index (χ1) is 6.95. The summed E-state index contributed by atoms with van der Waals surface area (Å²) in [6, 6.07) is 10.9. The van der Waals surface area contributed by atoms with E-state index in [-0.39, 0.29) is 0 Å². The second kappa shape index (κ2) is 5.16. The van der Waals surface area contributed by atoms with Crippen molar-refractivity contribution >= 4 is 0 Å². The molecule has 2 N–H and O–H groups in total. The Labute approximate surface area is 86.5 Å².